The van der Waals surface area contributed by atoms with Crippen LogP contribution in [-0.4, -0.2) is 56.1 Å². The van der Waals surface area contributed by atoms with Crippen LogP contribution in [0, 0.1) is 0 Å². The lowest BCUT2D eigenvalue weighted by Gasteiger charge is -2.31. The van der Waals surface area contributed by atoms with Gasteiger partial charge in [-0.05, 0) is 31.5 Å². The first-order chi connectivity index (χ1) is 12.6. The molecule has 0 bridgehead atoms. The molecule has 25 heavy (non-hydrogen) atoms. The lowest BCUT2D eigenvalue weighted by molar-refractivity contribution is 0.108. The molecule has 3 aromatic rings. The first-order valence-electron chi connectivity index (χ1n) is 9.16. The first-order valence-corrected chi connectivity index (χ1v) is 8.66. The van der Waals surface area contributed by atoms with Crippen molar-refractivity contribution < 1.29 is 10.5 Å². The van der Waals surface area contributed by atoms with E-state index in [0.29, 0.717) is 36.4 Å². The fraction of sp³-hybridized carbons (Fsp3) is 0.500. The van der Waals surface area contributed by atoms with E-state index in [9.17, 15) is 4.39 Å². The maximum absolute atomic E-state index is 14.0. The zero-order valence-electron chi connectivity index (χ0n) is 15.1. The van der Waals surface area contributed by atoms with Crippen LogP contribution in [0.5, 0.6) is 5.88 Å². The van der Waals surface area contributed by atoms with Crippen molar-refractivity contribution in [3.8, 4) is 5.88 Å². The van der Waals surface area contributed by atoms with Crippen molar-refractivity contribution in [3.05, 3.63) is 24.6 Å². The minimum Gasteiger partial charge on any atom is -0.475 e. The van der Waals surface area contributed by atoms with Crippen molar-refractivity contribution >= 4 is 21.8 Å². The molecule has 130 valence electrons. The van der Waals surface area contributed by atoms with Crippen molar-refractivity contribution in [1.29, 1.82) is 0 Å². The fourth-order valence-corrected chi connectivity index (χ4v) is 4.47. The highest BCUT2D eigenvalue weighted by molar-refractivity contribution is 6.07. The van der Waals surface area contributed by atoms with Crippen molar-refractivity contribution in [2.75, 3.05) is 19.7 Å². The van der Waals surface area contributed by atoms with Crippen LogP contribution in [0.15, 0.2) is 24.6 Å². The highest BCUT2D eigenvalue weighted by atomic mass is 19.1. The summed E-state index contributed by atoms with van der Waals surface area (Å²) in [5.41, 5.74) is 1.22. The van der Waals surface area contributed by atoms with Gasteiger partial charge in [0.15, 0.2) is 0 Å². The van der Waals surface area contributed by atoms with Crippen LogP contribution < -0.4 is 4.74 Å². The molecule has 0 N–H and O–H groups in total. The minimum atomic E-state index is -0.781. The molecular weight excluding hydrogens is 321 g/mol. The van der Waals surface area contributed by atoms with E-state index in [2.05, 4.69) is 20.0 Å². The second-order valence-electron chi connectivity index (χ2n) is 7.13. The van der Waals surface area contributed by atoms with E-state index < -0.39 is 6.17 Å². The van der Waals surface area contributed by atoms with Crippen LogP contribution in [-0.2, 0) is 7.05 Å². The molecule has 2 fully saturated rings. The minimum absolute atomic E-state index is 0.156. The summed E-state index contributed by atoms with van der Waals surface area (Å²) in [5, 5.41) is 5.91. The van der Waals surface area contributed by atoms with Crippen molar-refractivity contribution in [1.82, 2.24) is 24.6 Å². The second-order valence-corrected chi connectivity index (χ2v) is 7.13. The van der Waals surface area contributed by atoms with Crippen LogP contribution >= 0.6 is 0 Å². The van der Waals surface area contributed by atoms with Gasteiger partial charge in [0, 0.05) is 31.6 Å². The number of ether oxygens (including phenoxy) is 1. The Morgan fingerprint density at radius 1 is 1.44 bits per heavy atom. The maximum atomic E-state index is 14.0. The molecular formula is C18H20FN5O. The average molecular weight is 342 g/mol. The topological polar surface area (TPSA) is 56.1 Å². The molecule has 2 atom stereocenters. The molecule has 2 saturated heterocycles. The molecule has 0 aliphatic carbocycles. The Bertz CT molecular complexity index is 1010. The van der Waals surface area contributed by atoms with Crippen LogP contribution in [0.2, 0.25) is 0 Å². The summed E-state index contributed by atoms with van der Waals surface area (Å²) in [4.78, 5) is 10.5. The van der Waals surface area contributed by atoms with Crippen molar-refractivity contribution in [2.45, 2.75) is 31.0 Å². The van der Waals surface area contributed by atoms with E-state index in [-0.39, 0.29) is 11.7 Å². The number of aromatic nitrogens is 4. The Morgan fingerprint density at radius 2 is 2.32 bits per heavy atom. The van der Waals surface area contributed by atoms with E-state index in [1.165, 1.54) is 6.33 Å². The quantitative estimate of drug-likeness (QED) is 0.732. The van der Waals surface area contributed by atoms with E-state index in [0.717, 1.165) is 30.3 Å². The van der Waals surface area contributed by atoms with Gasteiger partial charge >= 0.3 is 0 Å². The Hall–Kier alpha value is -2.28. The Morgan fingerprint density at radius 3 is 3.24 bits per heavy atom. The Labute approximate surface area is 146 Å². The third-order valence-electron chi connectivity index (χ3n) is 5.60. The molecule has 2 aliphatic heterocycles. The van der Waals surface area contributed by atoms with Gasteiger partial charge in [-0.25, -0.2) is 19.0 Å². The molecule has 0 saturated carbocycles. The lowest BCUT2D eigenvalue weighted by atomic mass is 9.95. The van der Waals surface area contributed by atoms with E-state index in [1.54, 1.807) is 4.68 Å². The predicted octanol–water partition coefficient (Wildman–Crippen LogP) is 2.47. The van der Waals surface area contributed by atoms with Crippen LogP contribution in [0.4, 0.5) is 4.39 Å². The Balaban J connectivity index is 1.58. The summed E-state index contributed by atoms with van der Waals surface area (Å²) in [6, 6.07) is 3.72. The zero-order chi connectivity index (χ0) is 17.9. The summed E-state index contributed by atoms with van der Waals surface area (Å²) in [5.74, 6) is 0.595. The Kier molecular flexibility index (Phi) is 2.99. The van der Waals surface area contributed by atoms with Crippen LogP contribution in [0.25, 0.3) is 21.8 Å². The van der Waals surface area contributed by atoms with Crippen LogP contribution in [0.3, 0.4) is 0 Å². The van der Waals surface area contributed by atoms with Crippen molar-refractivity contribution in [2.24, 2.45) is 7.05 Å². The number of alkyl halides is 1. The molecule has 0 spiro atoms. The van der Waals surface area contributed by atoms with E-state index >= 15 is 0 Å². The standard InChI is InChI=1S/C18H20FN5O/c1-23-17(25-10-18-5-2-6-24(18)9-12(19)7-18)16-13-8-20-11-21-14(13)3-4-15(16)22-23/h3-4,8,11-12H,2,5-7,9-10H2,1H3/t12-,18+/m1/s1/i8D. The number of nitrogens with zero attached hydrogens (tertiary/aromatic N) is 5. The number of hydrogen-bond donors (Lipinski definition) is 0. The summed E-state index contributed by atoms with van der Waals surface area (Å²) in [6.45, 7) is 1.87. The van der Waals surface area contributed by atoms with Gasteiger partial charge in [0.1, 0.15) is 19.1 Å². The summed E-state index contributed by atoms with van der Waals surface area (Å²) in [7, 11) is 1.82. The molecule has 2 aliphatic rings. The predicted molar refractivity (Wildman–Crippen MR) is 92.4 cm³/mol. The molecule has 0 amide bonds. The maximum Gasteiger partial charge on any atom is 0.220 e. The van der Waals surface area contributed by atoms with Gasteiger partial charge < -0.3 is 4.74 Å². The van der Waals surface area contributed by atoms with Gasteiger partial charge in [-0.15, -0.1) is 0 Å². The van der Waals surface area contributed by atoms with Gasteiger partial charge in [0.25, 0.3) is 0 Å². The second kappa shape index (κ2) is 5.36. The highest BCUT2D eigenvalue weighted by Gasteiger charge is 2.49. The van der Waals surface area contributed by atoms with Gasteiger partial charge in [-0.3, -0.25) is 4.90 Å². The number of benzene rings is 1. The number of hydrogen-bond acceptors (Lipinski definition) is 5. The zero-order valence-corrected chi connectivity index (χ0v) is 14.1. The third kappa shape index (κ3) is 2.22. The average Bonchev–Trinajstić information content (AvgIpc) is 3.22. The third-order valence-corrected chi connectivity index (χ3v) is 5.60. The molecule has 5 rings (SSSR count). The largest absolute Gasteiger partial charge is 0.475 e. The number of aryl methyl sites for hydroxylation is 1. The summed E-state index contributed by atoms with van der Waals surface area (Å²) in [6.07, 6.45) is 3.33. The lowest BCUT2D eigenvalue weighted by Crippen LogP contribution is -2.43. The monoisotopic (exact) mass is 342 g/mol. The smallest absolute Gasteiger partial charge is 0.220 e. The molecule has 4 heterocycles. The first kappa shape index (κ1) is 13.9. The molecule has 6 nitrogen and oxygen atoms in total. The van der Waals surface area contributed by atoms with Gasteiger partial charge in [-0.2, -0.15) is 5.10 Å². The number of rotatable bonds is 3. The molecule has 0 radical (unpaired) electrons. The molecule has 0 unspecified atom stereocenters. The van der Waals surface area contributed by atoms with E-state index in [1.807, 2.05) is 19.2 Å². The number of halogens is 1. The summed E-state index contributed by atoms with van der Waals surface area (Å²) < 4.78 is 30.1. The fourth-order valence-electron chi connectivity index (χ4n) is 4.47. The van der Waals surface area contributed by atoms with Gasteiger partial charge in [0.05, 0.1) is 23.3 Å². The molecule has 1 aromatic carbocycles. The number of fused-ring (bicyclic) bond motifs is 4. The van der Waals surface area contributed by atoms with Gasteiger partial charge in [-0.1, -0.05) is 0 Å². The van der Waals surface area contributed by atoms with Crippen molar-refractivity contribution in [3.63, 3.8) is 0 Å². The summed E-state index contributed by atoms with van der Waals surface area (Å²) >= 11 is 0. The SMILES string of the molecule is [2H]c1ncnc2ccc3nn(C)c(OC[C@@]45CCCN4C[C@H](F)C5)c3c12. The highest BCUT2D eigenvalue weighted by Crippen LogP contribution is 2.41. The molecule has 7 heteroatoms. The molecule has 2 aromatic heterocycles. The van der Waals surface area contributed by atoms with Crippen LogP contribution in [0.1, 0.15) is 20.6 Å². The normalized spacial score (nSPS) is 27.1. The van der Waals surface area contributed by atoms with Gasteiger partial charge in [0.2, 0.25) is 5.88 Å². The van der Waals surface area contributed by atoms with E-state index in [4.69, 9.17) is 6.11 Å².